The lowest BCUT2D eigenvalue weighted by molar-refractivity contribution is -0.137. The van der Waals surface area contributed by atoms with E-state index in [1.165, 1.54) is 12.1 Å². The Kier molecular flexibility index (Phi) is 3.06. The number of benzene rings is 1. The molecule has 1 aromatic rings. The first-order valence-electron chi connectivity index (χ1n) is 4.35. The summed E-state index contributed by atoms with van der Waals surface area (Å²) in [6.45, 7) is 1.23. The van der Waals surface area contributed by atoms with Crippen LogP contribution in [0.2, 0.25) is 0 Å². The van der Waals surface area contributed by atoms with Crippen LogP contribution in [0.25, 0.3) is 0 Å². The highest BCUT2D eigenvalue weighted by molar-refractivity contribution is 5.29. The van der Waals surface area contributed by atoms with Gasteiger partial charge in [-0.05, 0) is 24.6 Å². The maximum atomic E-state index is 12.2. The molecule has 3 N–H and O–H groups in total. The first-order valence-corrected chi connectivity index (χ1v) is 4.35. The van der Waals surface area contributed by atoms with Crippen molar-refractivity contribution in [2.75, 3.05) is 6.61 Å². The lowest BCUT2D eigenvalue weighted by atomic mass is 9.93. The molecular formula is C10H12F3NO. The van der Waals surface area contributed by atoms with Crippen LogP contribution in [-0.2, 0) is 11.7 Å². The number of aliphatic hydroxyl groups excluding tert-OH is 1. The Hall–Kier alpha value is -1.07. The van der Waals surface area contributed by atoms with Crippen LogP contribution in [0.3, 0.4) is 0 Å². The maximum absolute atomic E-state index is 12.2. The van der Waals surface area contributed by atoms with Crippen molar-refractivity contribution in [1.29, 1.82) is 0 Å². The second-order valence-corrected chi connectivity index (χ2v) is 3.65. The Morgan fingerprint density at radius 3 is 1.87 bits per heavy atom. The van der Waals surface area contributed by atoms with E-state index in [0.717, 1.165) is 12.1 Å². The monoisotopic (exact) mass is 219 g/mol. The predicted octanol–water partition coefficient (Wildman–Crippen LogP) is 1.87. The van der Waals surface area contributed by atoms with Gasteiger partial charge in [-0.1, -0.05) is 12.1 Å². The third-order valence-corrected chi connectivity index (χ3v) is 2.20. The molecule has 0 radical (unpaired) electrons. The van der Waals surface area contributed by atoms with Crippen molar-refractivity contribution in [3.63, 3.8) is 0 Å². The van der Waals surface area contributed by atoms with Gasteiger partial charge in [-0.3, -0.25) is 0 Å². The van der Waals surface area contributed by atoms with Crippen LogP contribution in [-0.4, -0.2) is 11.7 Å². The standard InChI is InChI=1S/C10H12F3NO/c1-9(14,6-15)7-2-4-8(5-3-7)10(11,12)13/h2-5,15H,6,14H2,1H3/t9-/m1/s1. The summed E-state index contributed by atoms with van der Waals surface area (Å²) >= 11 is 0. The van der Waals surface area contributed by atoms with E-state index in [9.17, 15) is 13.2 Å². The number of hydrogen-bond acceptors (Lipinski definition) is 2. The second kappa shape index (κ2) is 3.83. The van der Waals surface area contributed by atoms with Gasteiger partial charge in [0.1, 0.15) is 0 Å². The molecule has 84 valence electrons. The fourth-order valence-electron chi connectivity index (χ4n) is 1.13. The van der Waals surface area contributed by atoms with Crippen LogP contribution < -0.4 is 5.73 Å². The second-order valence-electron chi connectivity index (χ2n) is 3.65. The van der Waals surface area contributed by atoms with E-state index in [1.807, 2.05) is 0 Å². The van der Waals surface area contributed by atoms with Crippen LogP contribution in [0.4, 0.5) is 13.2 Å². The topological polar surface area (TPSA) is 46.2 Å². The lowest BCUT2D eigenvalue weighted by Gasteiger charge is -2.22. The molecule has 0 aliphatic carbocycles. The smallest absolute Gasteiger partial charge is 0.394 e. The van der Waals surface area contributed by atoms with E-state index in [1.54, 1.807) is 6.92 Å². The highest BCUT2D eigenvalue weighted by Crippen LogP contribution is 2.30. The van der Waals surface area contributed by atoms with Crippen molar-refractivity contribution in [1.82, 2.24) is 0 Å². The van der Waals surface area contributed by atoms with Crippen LogP contribution >= 0.6 is 0 Å². The van der Waals surface area contributed by atoms with Gasteiger partial charge in [-0.25, -0.2) is 0 Å². The SMILES string of the molecule is C[C@@](N)(CO)c1ccc(C(F)(F)F)cc1. The first-order chi connectivity index (χ1) is 6.77. The molecule has 1 atom stereocenters. The summed E-state index contributed by atoms with van der Waals surface area (Å²) in [5.74, 6) is 0. The molecule has 15 heavy (non-hydrogen) atoms. The molecule has 0 spiro atoms. The average Bonchev–Trinajstić information content (AvgIpc) is 2.17. The normalized spacial score (nSPS) is 16.1. The minimum Gasteiger partial charge on any atom is -0.394 e. The molecule has 0 unspecified atom stereocenters. The zero-order valence-electron chi connectivity index (χ0n) is 8.17. The molecule has 2 nitrogen and oxygen atoms in total. The van der Waals surface area contributed by atoms with Crippen molar-refractivity contribution < 1.29 is 18.3 Å². The molecule has 1 rings (SSSR count). The van der Waals surface area contributed by atoms with Gasteiger partial charge in [0.05, 0.1) is 17.7 Å². The van der Waals surface area contributed by atoms with Gasteiger partial charge in [-0.2, -0.15) is 13.2 Å². The lowest BCUT2D eigenvalue weighted by Crippen LogP contribution is -2.36. The van der Waals surface area contributed by atoms with Gasteiger partial charge < -0.3 is 10.8 Å². The number of nitrogens with two attached hydrogens (primary N) is 1. The zero-order valence-corrected chi connectivity index (χ0v) is 8.17. The summed E-state index contributed by atoms with van der Waals surface area (Å²) in [5.41, 5.74) is 4.40. The molecule has 0 aromatic heterocycles. The fourth-order valence-corrected chi connectivity index (χ4v) is 1.13. The summed E-state index contributed by atoms with van der Waals surface area (Å²) < 4.78 is 36.7. The molecule has 0 saturated heterocycles. The fraction of sp³-hybridized carbons (Fsp3) is 0.400. The van der Waals surface area contributed by atoms with E-state index in [0.29, 0.717) is 5.56 Å². The van der Waals surface area contributed by atoms with Crippen LogP contribution in [0.5, 0.6) is 0 Å². The largest absolute Gasteiger partial charge is 0.416 e. The predicted molar refractivity (Wildman–Crippen MR) is 50.1 cm³/mol. The van der Waals surface area contributed by atoms with Gasteiger partial charge in [0.2, 0.25) is 0 Å². The summed E-state index contributed by atoms with van der Waals surface area (Å²) in [4.78, 5) is 0. The molecule has 0 amide bonds. The molecule has 0 saturated carbocycles. The highest BCUT2D eigenvalue weighted by atomic mass is 19.4. The molecule has 0 heterocycles. The number of alkyl halides is 3. The van der Waals surface area contributed by atoms with E-state index < -0.39 is 17.3 Å². The number of rotatable bonds is 2. The minimum absolute atomic E-state index is 0.321. The van der Waals surface area contributed by atoms with Crippen LogP contribution in [0.15, 0.2) is 24.3 Å². The van der Waals surface area contributed by atoms with E-state index in [2.05, 4.69) is 0 Å². The van der Waals surface area contributed by atoms with Crippen molar-refractivity contribution in [2.24, 2.45) is 5.73 Å². The first kappa shape index (κ1) is 12.0. The van der Waals surface area contributed by atoms with Gasteiger partial charge in [-0.15, -0.1) is 0 Å². The molecular weight excluding hydrogens is 207 g/mol. The minimum atomic E-state index is -4.34. The Morgan fingerprint density at radius 1 is 1.13 bits per heavy atom. The van der Waals surface area contributed by atoms with Crippen LogP contribution in [0.1, 0.15) is 18.1 Å². The van der Waals surface area contributed by atoms with E-state index in [4.69, 9.17) is 10.8 Å². The van der Waals surface area contributed by atoms with Gasteiger partial charge in [0, 0.05) is 0 Å². The number of hydrogen-bond donors (Lipinski definition) is 2. The van der Waals surface area contributed by atoms with E-state index >= 15 is 0 Å². The third-order valence-electron chi connectivity index (χ3n) is 2.20. The summed E-state index contributed by atoms with van der Waals surface area (Å²) in [6.07, 6.45) is -4.34. The van der Waals surface area contributed by atoms with Gasteiger partial charge in [0.15, 0.2) is 0 Å². The molecule has 5 heteroatoms. The van der Waals surface area contributed by atoms with Gasteiger partial charge in [0.25, 0.3) is 0 Å². The highest BCUT2D eigenvalue weighted by Gasteiger charge is 2.30. The summed E-state index contributed by atoms with van der Waals surface area (Å²) in [7, 11) is 0. The molecule has 0 aliphatic heterocycles. The van der Waals surface area contributed by atoms with Crippen LogP contribution in [0, 0.1) is 0 Å². The Morgan fingerprint density at radius 2 is 1.53 bits per heavy atom. The molecule has 0 aliphatic rings. The quantitative estimate of drug-likeness (QED) is 0.797. The van der Waals surface area contributed by atoms with E-state index in [-0.39, 0.29) is 6.61 Å². The Labute approximate surface area is 85.5 Å². The number of halogens is 3. The Balaban J connectivity index is 3.01. The maximum Gasteiger partial charge on any atom is 0.416 e. The molecule has 0 fully saturated rings. The number of aliphatic hydroxyl groups is 1. The average molecular weight is 219 g/mol. The molecule has 1 aromatic carbocycles. The zero-order chi connectivity index (χ0) is 11.7. The molecule has 0 bridgehead atoms. The Bertz CT molecular complexity index is 330. The third kappa shape index (κ3) is 2.70. The van der Waals surface area contributed by atoms with Crippen molar-refractivity contribution in [3.05, 3.63) is 35.4 Å². The van der Waals surface area contributed by atoms with Gasteiger partial charge >= 0.3 is 6.18 Å². The van der Waals surface area contributed by atoms with Crippen molar-refractivity contribution in [3.8, 4) is 0 Å². The summed E-state index contributed by atoms with van der Waals surface area (Å²) in [6, 6.07) is 4.46. The van der Waals surface area contributed by atoms with Crippen molar-refractivity contribution in [2.45, 2.75) is 18.6 Å². The summed E-state index contributed by atoms with van der Waals surface area (Å²) in [5, 5.41) is 8.93. The van der Waals surface area contributed by atoms with Crippen molar-refractivity contribution >= 4 is 0 Å².